The van der Waals surface area contributed by atoms with Gasteiger partial charge in [0, 0.05) is 39.1 Å². The number of benzene rings is 11. The zero-order chi connectivity index (χ0) is 76.5. The van der Waals surface area contributed by atoms with Gasteiger partial charge < -0.3 is 14.0 Å². The summed E-state index contributed by atoms with van der Waals surface area (Å²) in [6.45, 7) is 19.0. The number of unbranched alkanes of at least 4 members (excludes halogenated alkanes) is 15. The van der Waals surface area contributed by atoms with E-state index >= 15 is 0 Å². The van der Waals surface area contributed by atoms with Gasteiger partial charge in [-0.15, -0.1) is 6.42 Å². The van der Waals surface area contributed by atoms with E-state index in [0.717, 1.165) is 49.8 Å². The van der Waals surface area contributed by atoms with Crippen molar-refractivity contribution in [2.45, 2.75) is 226 Å². The standard InChI is InChI=1S/C108H111NO2/c1-10-16-22-28-62-106(63-29-23-17-11-2)98-68-77(8)36-54-90(98)91-57-39-81(72-99(91)106)83-41-59-94-95-60-42-84(75-103(95)108(102(94)74-83,85-44-50-88(51-45-85)110-66-32-26-20-14-5)86-46-52-89(53-47-86)111-67-33-27-21-15-6)82-40-58-93-92-56-38-80(71-100(92)107(101(93)73-82,64-30-24-18-12-3)65-31-25-19-13-4)79-43-61-104-97(70-79)96-55-37-78(9)69-105(96)109(104)87-48-34-76(7)35-49-87/h5,34-61,68-75H,10-13,15-19,21-25,27-31,33,62-65,67H2,1-4,6-9H3. The molecule has 3 heteroatoms. The molecule has 1 unspecified atom stereocenters. The van der Waals surface area contributed by atoms with E-state index in [-0.39, 0.29) is 10.8 Å². The van der Waals surface area contributed by atoms with E-state index in [4.69, 9.17) is 15.9 Å². The lowest BCUT2D eigenvalue weighted by Crippen LogP contribution is -2.28. The number of ether oxygens (including phenoxy) is 2. The van der Waals surface area contributed by atoms with Crippen LogP contribution in [-0.2, 0) is 16.2 Å². The zero-order valence-electron chi connectivity index (χ0n) is 67.3. The Bertz CT molecular complexity index is 5510. The average Bonchev–Trinajstić information content (AvgIpc) is 1.54. The summed E-state index contributed by atoms with van der Waals surface area (Å²) in [5.41, 5.74) is 32.9. The third kappa shape index (κ3) is 14.7. The molecule has 11 aromatic carbocycles. The van der Waals surface area contributed by atoms with Gasteiger partial charge in [-0.2, -0.15) is 0 Å². The molecule has 3 aliphatic rings. The predicted molar refractivity (Wildman–Crippen MR) is 471 cm³/mol. The molecule has 0 saturated heterocycles. The summed E-state index contributed by atoms with van der Waals surface area (Å²) in [5, 5.41) is 2.57. The monoisotopic (exact) mass is 1450 g/mol. The van der Waals surface area contributed by atoms with Crippen LogP contribution in [0.1, 0.15) is 250 Å². The van der Waals surface area contributed by atoms with E-state index < -0.39 is 5.41 Å². The number of terminal acetylenes is 1. The molecule has 0 amide bonds. The van der Waals surface area contributed by atoms with Crippen LogP contribution in [0.5, 0.6) is 11.5 Å². The molecule has 0 bridgehead atoms. The van der Waals surface area contributed by atoms with Gasteiger partial charge in [0.2, 0.25) is 0 Å². The first kappa shape index (κ1) is 75.9. The molecule has 0 saturated carbocycles. The van der Waals surface area contributed by atoms with Crippen LogP contribution >= 0.6 is 0 Å². The van der Waals surface area contributed by atoms with E-state index in [1.165, 1.54) is 260 Å². The fraction of sp³-hybridized carbons (Fsp3) is 0.333. The first-order valence-corrected chi connectivity index (χ1v) is 42.4. The number of fused-ring (bicyclic) bond motifs is 12. The molecule has 0 N–H and O–H groups in total. The first-order chi connectivity index (χ1) is 54.5. The summed E-state index contributed by atoms with van der Waals surface area (Å²) < 4.78 is 15.2. The highest BCUT2D eigenvalue weighted by Crippen LogP contribution is 2.61. The van der Waals surface area contributed by atoms with Crippen molar-refractivity contribution in [2.24, 2.45) is 0 Å². The molecular formula is C108H111NO2. The van der Waals surface area contributed by atoms with Crippen molar-refractivity contribution in [3.8, 4) is 120 Å². The highest BCUT2D eigenvalue weighted by molar-refractivity contribution is 6.11. The topological polar surface area (TPSA) is 23.4 Å². The smallest absolute Gasteiger partial charge is 0.140 e. The molecule has 560 valence electrons. The second-order valence-corrected chi connectivity index (χ2v) is 32.6. The Labute approximate surface area is 663 Å². The molecular weight excluding hydrogens is 1340 g/mol. The maximum atomic E-state index is 6.61. The molecule has 1 heterocycles. The number of hydrogen-bond donors (Lipinski definition) is 0. The Kier molecular flexibility index (Phi) is 23.2. The van der Waals surface area contributed by atoms with Crippen molar-refractivity contribution in [2.75, 3.05) is 6.61 Å². The highest BCUT2D eigenvalue weighted by Gasteiger charge is 2.49. The Morgan fingerprint density at radius 1 is 0.315 bits per heavy atom. The van der Waals surface area contributed by atoms with Crippen molar-refractivity contribution < 1.29 is 9.47 Å². The van der Waals surface area contributed by atoms with Gasteiger partial charge in [0.1, 0.15) is 17.6 Å². The summed E-state index contributed by atoms with van der Waals surface area (Å²) in [7, 11) is 0. The van der Waals surface area contributed by atoms with Gasteiger partial charge in [0.05, 0.1) is 23.1 Å². The van der Waals surface area contributed by atoms with Gasteiger partial charge >= 0.3 is 0 Å². The molecule has 1 aromatic heterocycles. The van der Waals surface area contributed by atoms with Crippen LogP contribution in [0.3, 0.4) is 0 Å². The number of rotatable bonds is 33. The average molecular weight is 1460 g/mol. The molecule has 0 radical (unpaired) electrons. The van der Waals surface area contributed by atoms with Crippen molar-refractivity contribution in [1.29, 1.82) is 0 Å². The molecule has 3 nitrogen and oxygen atoms in total. The molecule has 12 aromatic rings. The molecule has 111 heavy (non-hydrogen) atoms. The molecule has 1 atom stereocenters. The second kappa shape index (κ2) is 34.0. The van der Waals surface area contributed by atoms with Gasteiger partial charge in [-0.25, -0.2) is 0 Å². The SMILES string of the molecule is C#CC#CC#COc1ccc(C2(c3ccc(OCCCCCC)cc3)c3cc(-c4ccc5c(c4)C(CCCCCC)(CCCCCC)c4cc(C)ccc4-5)ccc3-c3ccc(-c4ccc5c(c4)C(CCCCCC)(CCCCCC)c4cc(-c6ccc7c(c6)c6ccc(C)cc6n7-c6ccc(C)cc6)ccc4-5)cc32)cc1. The van der Waals surface area contributed by atoms with Crippen LogP contribution in [-0.4, -0.2) is 11.2 Å². The van der Waals surface area contributed by atoms with Gasteiger partial charge in [-0.3, -0.25) is 0 Å². The van der Waals surface area contributed by atoms with E-state index in [0.29, 0.717) is 12.4 Å². The van der Waals surface area contributed by atoms with Gasteiger partial charge in [-0.05, 0) is 266 Å². The van der Waals surface area contributed by atoms with Crippen LogP contribution in [0.15, 0.2) is 218 Å². The normalized spacial score (nSPS) is 14.3. The summed E-state index contributed by atoms with van der Waals surface area (Å²) in [5.74, 6) is 12.0. The minimum Gasteiger partial charge on any atom is -0.494 e. The lowest BCUT2D eigenvalue weighted by atomic mass is 9.67. The Balaban J connectivity index is 0.896. The largest absolute Gasteiger partial charge is 0.494 e. The van der Waals surface area contributed by atoms with Gasteiger partial charge in [-0.1, -0.05) is 301 Å². The Morgan fingerprint density at radius 2 is 0.703 bits per heavy atom. The highest BCUT2D eigenvalue weighted by atomic mass is 16.5. The fourth-order valence-electron chi connectivity index (χ4n) is 19.6. The molecule has 0 spiro atoms. The molecule has 0 aliphatic heterocycles. The van der Waals surface area contributed by atoms with E-state index in [9.17, 15) is 0 Å². The third-order valence-electron chi connectivity index (χ3n) is 25.3. The maximum Gasteiger partial charge on any atom is 0.140 e. The Morgan fingerprint density at radius 3 is 1.17 bits per heavy atom. The number of nitrogens with zero attached hydrogens (tertiary/aromatic N) is 1. The lowest BCUT2D eigenvalue weighted by molar-refractivity contribution is 0.305. The Hall–Kier alpha value is -10.5. The van der Waals surface area contributed by atoms with Crippen LogP contribution in [0.25, 0.3) is 94.3 Å². The first-order valence-electron chi connectivity index (χ1n) is 42.4. The van der Waals surface area contributed by atoms with Crippen LogP contribution < -0.4 is 9.47 Å². The molecule has 15 rings (SSSR count). The summed E-state index contributed by atoms with van der Waals surface area (Å²) >= 11 is 0. The van der Waals surface area contributed by atoms with Crippen LogP contribution in [0, 0.1) is 57.0 Å². The minimum absolute atomic E-state index is 0.0575. The summed E-state index contributed by atoms with van der Waals surface area (Å²) in [6.07, 6.45) is 37.1. The third-order valence-corrected chi connectivity index (χ3v) is 25.3. The number of hydrogen-bond acceptors (Lipinski definition) is 2. The molecule has 0 fully saturated rings. The fourth-order valence-corrected chi connectivity index (χ4v) is 19.6. The van der Waals surface area contributed by atoms with Gasteiger partial charge in [0.25, 0.3) is 0 Å². The maximum absolute atomic E-state index is 6.61. The van der Waals surface area contributed by atoms with E-state index in [1.54, 1.807) is 5.56 Å². The molecule has 3 aliphatic carbocycles. The van der Waals surface area contributed by atoms with Gasteiger partial charge in [0.15, 0.2) is 0 Å². The van der Waals surface area contributed by atoms with Crippen molar-refractivity contribution in [3.63, 3.8) is 0 Å². The second-order valence-electron chi connectivity index (χ2n) is 32.6. The van der Waals surface area contributed by atoms with Crippen molar-refractivity contribution in [3.05, 3.63) is 280 Å². The predicted octanol–water partition coefficient (Wildman–Crippen LogP) is 29.4. The number of aromatic nitrogens is 1. The van der Waals surface area contributed by atoms with E-state index in [2.05, 4.69) is 308 Å². The summed E-state index contributed by atoms with van der Waals surface area (Å²) in [4.78, 5) is 0. The van der Waals surface area contributed by atoms with Crippen LogP contribution in [0.2, 0.25) is 0 Å². The summed E-state index contributed by atoms with van der Waals surface area (Å²) in [6, 6.07) is 86.0. The minimum atomic E-state index is -0.797. The van der Waals surface area contributed by atoms with Crippen molar-refractivity contribution >= 4 is 21.8 Å². The van der Waals surface area contributed by atoms with Crippen LogP contribution in [0.4, 0.5) is 0 Å². The van der Waals surface area contributed by atoms with E-state index in [1.807, 2.05) is 0 Å². The number of aryl methyl sites for hydroxylation is 3. The lowest BCUT2D eigenvalue weighted by Gasteiger charge is -2.35. The van der Waals surface area contributed by atoms with Crippen molar-refractivity contribution in [1.82, 2.24) is 4.57 Å². The zero-order valence-corrected chi connectivity index (χ0v) is 67.3. The quantitative estimate of drug-likeness (QED) is 0.0302.